The van der Waals surface area contributed by atoms with Crippen LogP contribution in [-0.4, -0.2) is 25.8 Å². The van der Waals surface area contributed by atoms with Gasteiger partial charge in [0.15, 0.2) is 0 Å². The summed E-state index contributed by atoms with van der Waals surface area (Å²) in [5.41, 5.74) is 0. The van der Waals surface area contributed by atoms with Crippen LogP contribution in [0, 0.1) is 0 Å². The highest BCUT2D eigenvalue weighted by Gasteiger charge is 1.87. The third-order valence-corrected chi connectivity index (χ3v) is 0.580. The molecule has 0 spiro atoms. The van der Waals surface area contributed by atoms with Crippen LogP contribution in [0.15, 0.2) is 4.99 Å². The van der Waals surface area contributed by atoms with E-state index in [1.54, 1.807) is 0 Å². The molecule has 0 fully saturated rings. The summed E-state index contributed by atoms with van der Waals surface area (Å²) in [5.74, 6) is -0.396. The normalized spacial score (nSPS) is 9.75. The molecule has 0 aliphatic carbocycles. The molecule has 0 heterocycles. The van der Waals surface area contributed by atoms with Gasteiger partial charge in [0, 0.05) is 6.54 Å². The summed E-state index contributed by atoms with van der Waals surface area (Å²) in [6, 6.07) is 0. The Hall–Kier alpha value is -0.860. The minimum atomic E-state index is -0.396. The number of hydrogen-bond donors (Lipinski definition) is 0. The Bertz CT molecular complexity index is 98.6. The molecule has 0 radical (unpaired) electrons. The molecular formula is C5H9NO2. The highest BCUT2D eigenvalue weighted by Crippen LogP contribution is 1.67. The maximum absolute atomic E-state index is 10.2. The topological polar surface area (TPSA) is 38.7 Å². The van der Waals surface area contributed by atoms with Crippen molar-refractivity contribution in [1.29, 1.82) is 0 Å². The fourth-order valence-electron chi connectivity index (χ4n) is 0.219. The molecule has 0 bridgehead atoms. The molecule has 0 saturated carbocycles. The Kier molecular flexibility index (Phi) is 3.84. The van der Waals surface area contributed by atoms with Crippen molar-refractivity contribution >= 4 is 12.2 Å². The van der Waals surface area contributed by atoms with Gasteiger partial charge < -0.3 is 4.74 Å². The number of rotatable bonds is 2. The van der Waals surface area contributed by atoms with Gasteiger partial charge in [-0.05, 0) is 6.92 Å². The van der Waals surface area contributed by atoms with E-state index in [9.17, 15) is 4.79 Å². The lowest BCUT2D eigenvalue weighted by Gasteiger charge is -1.85. The Morgan fingerprint density at radius 2 is 2.50 bits per heavy atom. The van der Waals surface area contributed by atoms with E-state index < -0.39 is 5.97 Å². The fraction of sp³-hybridized carbons (Fsp3) is 0.600. The first-order valence-corrected chi connectivity index (χ1v) is 2.39. The van der Waals surface area contributed by atoms with Gasteiger partial charge in [0.2, 0.25) is 0 Å². The van der Waals surface area contributed by atoms with Crippen molar-refractivity contribution in [1.82, 2.24) is 0 Å². The van der Waals surface area contributed by atoms with Crippen molar-refractivity contribution in [3.63, 3.8) is 0 Å². The van der Waals surface area contributed by atoms with E-state index in [2.05, 4.69) is 9.73 Å². The minimum absolute atomic E-state index is 0.396. The molecule has 0 N–H and O–H groups in total. The third-order valence-electron chi connectivity index (χ3n) is 0.580. The van der Waals surface area contributed by atoms with Gasteiger partial charge in [-0.1, -0.05) is 0 Å². The average Bonchev–Trinajstić information content (AvgIpc) is 1.83. The molecule has 8 heavy (non-hydrogen) atoms. The predicted molar refractivity (Wildman–Crippen MR) is 31.0 cm³/mol. The zero-order chi connectivity index (χ0) is 6.41. The van der Waals surface area contributed by atoms with Crippen LogP contribution >= 0.6 is 0 Å². The van der Waals surface area contributed by atoms with Gasteiger partial charge in [0.25, 0.3) is 0 Å². The number of carbonyl (C=O) groups is 1. The van der Waals surface area contributed by atoms with Crippen LogP contribution in [0.5, 0.6) is 0 Å². The largest absolute Gasteiger partial charge is 0.465 e. The number of aliphatic imine (C=N–C) groups is 1. The maximum atomic E-state index is 10.2. The second-order valence-electron chi connectivity index (χ2n) is 1.15. The molecule has 0 aliphatic heterocycles. The molecule has 0 unspecified atom stereocenters. The van der Waals surface area contributed by atoms with Gasteiger partial charge in [-0.15, -0.1) is 0 Å². The van der Waals surface area contributed by atoms with Crippen molar-refractivity contribution in [2.75, 3.05) is 13.7 Å². The number of esters is 1. The Labute approximate surface area is 48.4 Å². The Morgan fingerprint density at radius 3 is 2.88 bits per heavy atom. The van der Waals surface area contributed by atoms with Crippen LogP contribution in [0.25, 0.3) is 0 Å². The SMILES string of the molecule is CC/N=C/C(=O)OC. The summed E-state index contributed by atoms with van der Waals surface area (Å²) in [5, 5.41) is 0. The van der Waals surface area contributed by atoms with Crippen LogP contribution in [0.1, 0.15) is 6.92 Å². The average molecular weight is 115 g/mol. The summed E-state index contributed by atoms with van der Waals surface area (Å²) < 4.78 is 4.26. The zero-order valence-electron chi connectivity index (χ0n) is 5.05. The molecular weight excluding hydrogens is 106 g/mol. The van der Waals surface area contributed by atoms with Crippen LogP contribution in [-0.2, 0) is 9.53 Å². The summed E-state index contributed by atoms with van der Waals surface area (Å²) in [4.78, 5) is 13.8. The molecule has 0 atom stereocenters. The third kappa shape index (κ3) is 3.33. The van der Waals surface area contributed by atoms with Gasteiger partial charge >= 0.3 is 5.97 Å². The van der Waals surface area contributed by atoms with Gasteiger partial charge in [-0.2, -0.15) is 0 Å². The summed E-state index contributed by atoms with van der Waals surface area (Å²) in [7, 11) is 1.32. The second kappa shape index (κ2) is 4.30. The smallest absolute Gasteiger partial charge is 0.348 e. The van der Waals surface area contributed by atoms with Gasteiger partial charge in [0.05, 0.1) is 7.11 Å². The van der Waals surface area contributed by atoms with E-state index in [0.29, 0.717) is 6.54 Å². The number of carbonyl (C=O) groups excluding carboxylic acids is 1. The van der Waals surface area contributed by atoms with Gasteiger partial charge in [-0.25, -0.2) is 4.79 Å². The van der Waals surface area contributed by atoms with E-state index in [1.165, 1.54) is 13.3 Å². The highest BCUT2D eigenvalue weighted by molar-refractivity contribution is 6.23. The maximum Gasteiger partial charge on any atom is 0.348 e. The fourth-order valence-corrected chi connectivity index (χ4v) is 0.219. The monoisotopic (exact) mass is 115 g/mol. The highest BCUT2D eigenvalue weighted by atomic mass is 16.5. The van der Waals surface area contributed by atoms with Crippen LogP contribution < -0.4 is 0 Å². The number of hydrogen-bond acceptors (Lipinski definition) is 3. The molecule has 0 rings (SSSR count). The lowest BCUT2D eigenvalue weighted by Crippen LogP contribution is -2.00. The van der Waals surface area contributed by atoms with Crippen molar-refractivity contribution in [3.8, 4) is 0 Å². The molecule has 0 saturated heterocycles. The van der Waals surface area contributed by atoms with E-state index in [-0.39, 0.29) is 0 Å². The zero-order valence-corrected chi connectivity index (χ0v) is 5.05. The molecule has 0 aromatic heterocycles. The van der Waals surface area contributed by atoms with Crippen molar-refractivity contribution in [2.45, 2.75) is 6.92 Å². The molecule has 46 valence electrons. The lowest BCUT2D eigenvalue weighted by molar-refractivity contribution is -0.132. The van der Waals surface area contributed by atoms with Crippen LogP contribution in [0.2, 0.25) is 0 Å². The van der Waals surface area contributed by atoms with Crippen LogP contribution in [0.4, 0.5) is 0 Å². The first-order chi connectivity index (χ1) is 3.81. The quantitative estimate of drug-likeness (QED) is 0.382. The summed E-state index contributed by atoms with van der Waals surface area (Å²) >= 11 is 0. The second-order valence-corrected chi connectivity index (χ2v) is 1.15. The number of methoxy groups -OCH3 is 1. The Morgan fingerprint density at radius 1 is 1.88 bits per heavy atom. The van der Waals surface area contributed by atoms with E-state index in [0.717, 1.165) is 0 Å². The molecule has 0 aromatic carbocycles. The number of nitrogens with zero attached hydrogens (tertiary/aromatic N) is 1. The summed E-state index contributed by atoms with van der Waals surface area (Å²) in [6.07, 6.45) is 1.17. The Balaban J connectivity index is 3.37. The molecule has 0 aliphatic rings. The minimum Gasteiger partial charge on any atom is -0.465 e. The lowest BCUT2D eigenvalue weighted by atomic mass is 10.7. The predicted octanol–water partition coefficient (Wildman–Crippen LogP) is 0.250. The van der Waals surface area contributed by atoms with Crippen molar-refractivity contribution < 1.29 is 9.53 Å². The molecule has 3 heteroatoms. The first kappa shape index (κ1) is 7.14. The van der Waals surface area contributed by atoms with Gasteiger partial charge in [0.1, 0.15) is 6.21 Å². The molecule has 0 aromatic rings. The number of ether oxygens (including phenoxy) is 1. The van der Waals surface area contributed by atoms with Crippen LogP contribution in [0.3, 0.4) is 0 Å². The van der Waals surface area contributed by atoms with Crippen molar-refractivity contribution in [2.24, 2.45) is 4.99 Å². The summed E-state index contributed by atoms with van der Waals surface area (Å²) in [6.45, 7) is 2.47. The van der Waals surface area contributed by atoms with E-state index in [4.69, 9.17) is 0 Å². The molecule has 3 nitrogen and oxygen atoms in total. The van der Waals surface area contributed by atoms with E-state index in [1.807, 2.05) is 6.92 Å². The van der Waals surface area contributed by atoms with E-state index >= 15 is 0 Å². The van der Waals surface area contributed by atoms with Gasteiger partial charge in [-0.3, -0.25) is 4.99 Å². The van der Waals surface area contributed by atoms with Crippen molar-refractivity contribution in [3.05, 3.63) is 0 Å². The molecule has 0 amide bonds. The first-order valence-electron chi connectivity index (χ1n) is 2.39. The standard InChI is InChI=1S/C5H9NO2/c1-3-6-4-5(7)8-2/h4H,3H2,1-2H3/b6-4+.